The Hall–Kier alpha value is -0.630. The first-order valence-electron chi connectivity index (χ1n) is 4.01. The zero-order chi connectivity index (χ0) is 8.55. The molecular weight excluding hydrogens is 216 g/mol. The van der Waals surface area contributed by atoms with Crippen LogP contribution in [0.15, 0.2) is 24.3 Å². The van der Waals surface area contributed by atoms with Crippen molar-refractivity contribution in [3.63, 3.8) is 0 Å². The molecule has 1 aromatic carbocycles. The van der Waals surface area contributed by atoms with Gasteiger partial charge in [0, 0.05) is 23.2 Å². The second-order valence-electron chi connectivity index (χ2n) is 3.07. The zero-order valence-corrected chi connectivity index (χ0v) is 8.17. The number of Topliss-reactive ketones (excluding diaryl/α,β-unsaturated/α-hetero) is 1. The third-order valence-electron chi connectivity index (χ3n) is 2.32. The van der Waals surface area contributed by atoms with Gasteiger partial charge < -0.3 is 0 Å². The predicted octanol–water partition coefficient (Wildman–Crippen LogP) is 2.75. The lowest BCUT2D eigenvalue weighted by Gasteiger charge is -2.03. The third kappa shape index (κ3) is 1.11. The first-order chi connectivity index (χ1) is 5.83. The van der Waals surface area contributed by atoms with Crippen LogP contribution in [0.5, 0.6) is 0 Å². The number of rotatable bonds is 1. The van der Waals surface area contributed by atoms with Gasteiger partial charge in [0.1, 0.15) is 0 Å². The van der Waals surface area contributed by atoms with E-state index in [4.69, 9.17) is 0 Å². The van der Waals surface area contributed by atoms with Crippen molar-refractivity contribution in [3.05, 3.63) is 35.4 Å². The Morgan fingerprint density at radius 3 is 2.92 bits per heavy atom. The van der Waals surface area contributed by atoms with Crippen LogP contribution < -0.4 is 0 Å². The molecule has 0 N–H and O–H groups in total. The van der Waals surface area contributed by atoms with Gasteiger partial charge in [-0.05, 0) is 5.56 Å². The van der Waals surface area contributed by atoms with Crippen LogP contribution in [0, 0.1) is 0 Å². The Kier molecular flexibility index (Phi) is 2.01. The Balaban J connectivity index is 2.50. The average Bonchev–Trinajstić information content (AvgIpc) is 2.44. The molecule has 0 heterocycles. The summed E-state index contributed by atoms with van der Waals surface area (Å²) in [5.41, 5.74) is 2.13. The molecule has 0 aliphatic heterocycles. The van der Waals surface area contributed by atoms with Crippen LogP contribution in [-0.2, 0) is 0 Å². The molecule has 1 aromatic rings. The average molecular weight is 225 g/mol. The molecule has 0 saturated carbocycles. The molecule has 12 heavy (non-hydrogen) atoms. The van der Waals surface area contributed by atoms with Crippen molar-refractivity contribution in [2.24, 2.45) is 0 Å². The van der Waals surface area contributed by atoms with Gasteiger partial charge in [0.05, 0.1) is 0 Å². The minimum atomic E-state index is 0.287. The fraction of sp³-hybridized carbons (Fsp3) is 0.300. The highest BCUT2D eigenvalue weighted by Gasteiger charge is 2.27. The highest BCUT2D eigenvalue weighted by atomic mass is 79.9. The van der Waals surface area contributed by atoms with Gasteiger partial charge >= 0.3 is 0 Å². The predicted molar refractivity (Wildman–Crippen MR) is 51.9 cm³/mol. The van der Waals surface area contributed by atoms with Gasteiger partial charge in [-0.15, -0.1) is 0 Å². The summed E-state index contributed by atoms with van der Waals surface area (Å²) < 4.78 is 0. The van der Waals surface area contributed by atoms with Crippen LogP contribution in [0.2, 0.25) is 0 Å². The Morgan fingerprint density at radius 2 is 2.17 bits per heavy atom. The summed E-state index contributed by atoms with van der Waals surface area (Å²) in [5.74, 6) is 0.684. The molecule has 0 saturated heterocycles. The number of hydrogen-bond donors (Lipinski definition) is 0. The molecule has 62 valence electrons. The second kappa shape index (κ2) is 3.02. The summed E-state index contributed by atoms with van der Waals surface area (Å²) >= 11 is 3.42. The summed E-state index contributed by atoms with van der Waals surface area (Å²) in [7, 11) is 0. The number of fused-ring (bicyclic) bond motifs is 1. The summed E-state index contributed by atoms with van der Waals surface area (Å²) in [5, 5.41) is 0.885. The number of benzene rings is 1. The summed E-state index contributed by atoms with van der Waals surface area (Å²) in [4.78, 5) is 11.4. The smallest absolute Gasteiger partial charge is 0.163 e. The van der Waals surface area contributed by atoms with E-state index in [0.717, 1.165) is 10.9 Å². The lowest BCUT2D eigenvalue weighted by molar-refractivity contribution is 0.0990. The van der Waals surface area contributed by atoms with Crippen molar-refractivity contribution in [1.29, 1.82) is 0 Å². The molecular formula is C10H9BrO. The van der Waals surface area contributed by atoms with Gasteiger partial charge in [0.2, 0.25) is 0 Å². The van der Waals surface area contributed by atoms with Gasteiger partial charge in [0.15, 0.2) is 5.78 Å². The van der Waals surface area contributed by atoms with Crippen LogP contribution in [0.1, 0.15) is 28.3 Å². The van der Waals surface area contributed by atoms with E-state index in [-0.39, 0.29) is 5.78 Å². The van der Waals surface area contributed by atoms with Crippen LogP contribution in [0.3, 0.4) is 0 Å². The maximum atomic E-state index is 11.4. The number of carbonyl (C=O) groups is 1. The van der Waals surface area contributed by atoms with Crippen LogP contribution >= 0.6 is 15.9 Å². The normalized spacial score (nSPS) is 21.1. The maximum absolute atomic E-state index is 11.4. The van der Waals surface area contributed by atoms with E-state index < -0.39 is 0 Å². The monoisotopic (exact) mass is 224 g/mol. The molecule has 0 bridgehead atoms. The fourth-order valence-corrected chi connectivity index (χ4v) is 2.27. The molecule has 0 aromatic heterocycles. The maximum Gasteiger partial charge on any atom is 0.163 e. The largest absolute Gasteiger partial charge is 0.294 e. The van der Waals surface area contributed by atoms with E-state index in [1.165, 1.54) is 5.56 Å². The highest BCUT2D eigenvalue weighted by molar-refractivity contribution is 9.09. The lowest BCUT2D eigenvalue weighted by atomic mass is 10.0. The molecule has 0 fully saturated rings. The van der Waals surface area contributed by atoms with Crippen molar-refractivity contribution >= 4 is 21.7 Å². The first kappa shape index (κ1) is 7.99. The fourth-order valence-electron chi connectivity index (χ4n) is 1.69. The zero-order valence-electron chi connectivity index (χ0n) is 6.59. The molecule has 0 amide bonds. The van der Waals surface area contributed by atoms with E-state index in [0.29, 0.717) is 12.3 Å². The van der Waals surface area contributed by atoms with Crippen molar-refractivity contribution in [2.75, 3.05) is 5.33 Å². The topological polar surface area (TPSA) is 17.1 Å². The van der Waals surface area contributed by atoms with Crippen LogP contribution in [0.4, 0.5) is 0 Å². The number of carbonyl (C=O) groups excluding carboxylic acids is 1. The van der Waals surface area contributed by atoms with Gasteiger partial charge in [-0.1, -0.05) is 40.2 Å². The third-order valence-corrected chi connectivity index (χ3v) is 3.10. The number of hydrogen-bond acceptors (Lipinski definition) is 1. The lowest BCUT2D eigenvalue weighted by Crippen LogP contribution is -1.93. The summed E-state index contributed by atoms with van der Waals surface area (Å²) in [6.45, 7) is 0. The van der Waals surface area contributed by atoms with Crippen molar-refractivity contribution < 1.29 is 4.79 Å². The molecule has 2 rings (SSSR count). The van der Waals surface area contributed by atoms with E-state index in [9.17, 15) is 4.79 Å². The first-order valence-corrected chi connectivity index (χ1v) is 5.13. The van der Waals surface area contributed by atoms with Crippen molar-refractivity contribution in [3.8, 4) is 0 Å². The molecule has 0 unspecified atom stereocenters. The Labute approximate surface area is 79.9 Å². The summed E-state index contributed by atoms with van der Waals surface area (Å²) in [6, 6.07) is 7.88. The van der Waals surface area contributed by atoms with Crippen LogP contribution in [-0.4, -0.2) is 11.1 Å². The van der Waals surface area contributed by atoms with E-state index in [1.807, 2.05) is 24.3 Å². The number of halogens is 1. The quantitative estimate of drug-likeness (QED) is 0.671. The van der Waals surface area contributed by atoms with Crippen molar-refractivity contribution in [1.82, 2.24) is 0 Å². The SMILES string of the molecule is O=C1C[C@@H](CBr)c2ccccc21. The minimum Gasteiger partial charge on any atom is -0.294 e. The molecule has 1 nitrogen and oxygen atoms in total. The molecule has 0 spiro atoms. The molecule has 1 aliphatic carbocycles. The molecule has 1 aliphatic rings. The van der Waals surface area contributed by atoms with Crippen LogP contribution in [0.25, 0.3) is 0 Å². The highest BCUT2D eigenvalue weighted by Crippen LogP contribution is 2.33. The van der Waals surface area contributed by atoms with Gasteiger partial charge in [-0.3, -0.25) is 4.79 Å². The number of ketones is 1. The minimum absolute atomic E-state index is 0.287. The van der Waals surface area contributed by atoms with E-state index in [1.54, 1.807) is 0 Å². The van der Waals surface area contributed by atoms with E-state index in [2.05, 4.69) is 15.9 Å². The molecule has 2 heteroatoms. The standard InChI is InChI=1S/C10H9BrO/c11-6-7-5-10(12)9-4-2-1-3-8(7)9/h1-4,7H,5-6H2/t7-/m0/s1. The second-order valence-corrected chi connectivity index (χ2v) is 3.71. The summed E-state index contributed by atoms with van der Waals surface area (Å²) in [6.07, 6.45) is 0.671. The van der Waals surface area contributed by atoms with Gasteiger partial charge in [0.25, 0.3) is 0 Å². The van der Waals surface area contributed by atoms with Crippen molar-refractivity contribution in [2.45, 2.75) is 12.3 Å². The Bertz CT molecular complexity index is 319. The van der Waals surface area contributed by atoms with Gasteiger partial charge in [-0.25, -0.2) is 0 Å². The van der Waals surface area contributed by atoms with Gasteiger partial charge in [-0.2, -0.15) is 0 Å². The number of alkyl halides is 1. The molecule has 1 atom stereocenters. The Morgan fingerprint density at radius 1 is 1.42 bits per heavy atom. The molecule has 0 radical (unpaired) electrons. The van der Waals surface area contributed by atoms with E-state index >= 15 is 0 Å².